The Hall–Kier alpha value is -1.17. The van der Waals surface area contributed by atoms with Crippen molar-refractivity contribution < 1.29 is 0 Å². The molecule has 0 saturated heterocycles. The summed E-state index contributed by atoms with van der Waals surface area (Å²) in [5.74, 6) is 0. The minimum atomic E-state index is 0.696. The SMILES string of the molecule is Cc1nc(CNc2nc3cccc(Cl)c3s2)cs1. The summed E-state index contributed by atoms with van der Waals surface area (Å²) in [6.07, 6.45) is 0. The highest BCUT2D eigenvalue weighted by Crippen LogP contribution is 2.31. The Labute approximate surface area is 117 Å². The number of hydrogen-bond donors (Lipinski definition) is 1. The number of halogens is 1. The van der Waals surface area contributed by atoms with Crippen LogP contribution in [-0.4, -0.2) is 9.97 Å². The van der Waals surface area contributed by atoms with Crippen LogP contribution >= 0.6 is 34.3 Å². The number of benzene rings is 1. The monoisotopic (exact) mass is 295 g/mol. The second-order valence-corrected chi connectivity index (χ2v) is 6.29. The first-order valence-electron chi connectivity index (χ1n) is 5.42. The minimum Gasteiger partial charge on any atom is -0.356 e. The summed E-state index contributed by atoms with van der Waals surface area (Å²) in [6, 6.07) is 5.77. The fourth-order valence-corrected chi connectivity index (χ4v) is 3.41. The molecule has 2 aromatic heterocycles. The highest BCUT2D eigenvalue weighted by molar-refractivity contribution is 7.22. The molecule has 92 valence electrons. The number of thiazole rings is 2. The molecule has 0 radical (unpaired) electrons. The molecule has 0 unspecified atom stereocenters. The van der Waals surface area contributed by atoms with E-state index in [2.05, 4.69) is 20.7 Å². The van der Waals surface area contributed by atoms with Gasteiger partial charge in [-0.05, 0) is 19.1 Å². The van der Waals surface area contributed by atoms with Crippen molar-refractivity contribution in [3.63, 3.8) is 0 Å². The number of aromatic nitrogens is 2. The molecule has 0 saturated carbocycles. The summed E-state index contributed by atoms with van der Waals surface area (Å²) in [5.41, 5.74) is 1.98. The Morgan fingerprint density at radius 3 is 2.94 bits per heavy atom. The van der Waals surface area contributed by atoms with Gasteiger partial charge in [-0.25, -0.2) is 9.97 Å². The van der Waals surface area contributed by atoms with Gasteiger partial charge in [-0.15, -0.1) is 11.3 Å². The molecule has 0 aliphatic heterocycles. The van der Waals surface area contributed by atoms with Crippen LogP contribution in [0.4, 0.5) is 5.13 Å². The molecule has 3 rings (SSSR count). The number of anilines is 1. The predicted octanol–water partition coefficient (Wildman–Crippen LogP) is 4.33. The van der Waals surface area contributed by atoms with E-state index in [-0.39, 0.29) is 0 Å². The first kappa shape index (κ1) is 11.9. The Balaban J connectivity index is 1.81. The van der Waals surface area contributed by atoms with Gasteiger partial charge < -0.3 is 5.32 Å². The lowest BCUT2D eigenvalue weighted by Gasteiger charge is -1.97. The summed E-state index contributed by atoms with van der Waals surface area (Å²) in [6.45, 7) is 2.70. The molecule has 6 heteroatoms. The summed E-state index contributed by atoms with van der Waals surface area (Å²) in [4.78, 5) is 8.90. The zero-order chi connectivity index (χ0) is 12.5. The first-order valence-corrected chi connectivity index (χ1v) is 7.50. The Morgan fingerprint density at radius 1 is 1.33 bits per heavy atom. The molecule has 3 aromatic rings. The normalized spacial score (nSPS) is 11.0. The van der Waals surface area contributed by atoms with Crippen molar-refractivity contribution in [2.24, 2.45) is 0 Å². The fourth-order valence-electron chi connectivity index (χ4n) is 1.65. The molecular formula is C12H10ClN3S2. The first-order chi connectivity index (χ1) is 8.72. The summed E-state index contributed by atoms with van der Waals surface area (Å²) in [7, 11) is 0. The van der Waals surface area contributed by atoms with Crippen LogP contribution in [0.1, 0.15) is 10.7 Å². The van der Waals surface area contributed by atoms with Crippen LogP contribution in [0, 0.1) is 6.92 Å². The van der Waals surface area contributed by atoms with Crippen molar-refractivity contribution >= 4 is 49.6 Å². The lowest BCUT2D eigenvalue weighted by molar-refractivity contribution is 1.05. The van der Waals surface area contributed by atoms with Crippen LogP contribution in [0.2, 0.25) is 5.02 Å². The van der Waals surface area contributed by atoms with E-state index in [9.17, 15) is 0 Å². The van der Waals surface area contributed by atoms with E-state index in [4.69, 9.17) is 11.6 Å². The second-order valence-electron chi connectivity index (χ2n) is 3.82. The Morgan fingerprint density at radius 2 is 2.22 bits per heavy atom. The van der Waals surface area contributed by atoms with Gasteiger partial charge in [-0.2, -0.15) is 0 Å². The highest BCUT2D eigenvalue weighted by atomic mass is 35.5. The number of aryl methyl sites for hydroxylation is 1. The van der Waals surface area contributed by atoms with Crippen molar-refractivity contribution in [3.05, 3.63) is 39.3 Å². The van der Waals surface area contributed by atoms with E-state index in [1.54, 1.807) is 22.7 Å². The third kappa shape index (κ3) is 2.34. The zero-order valence-electron chi connectivity index (χ0n) is 9.61. The molecule has 0 fully saturated rings. The Bertz CT molecular complexity index is 690. The van der Waals surface area contributed by atoms with Crippen molar-refractivity contribution in [1.29, 1.82) is 0 Å². The van der Waals surface area contributed by atoms with Crippen molar-refractivity contribution in [2.75, 3.05) is 5.32 Å². The van der Waals surface area contributed by atoms with Crippen molar-refractivity contribution in [2.45, 2.75) is 13.5 Å². The van der Waals surface area contributed by atoms with Crippen LogP contribution in [0.25, 0.3) is 10.2 Å². The van der Waals surface area contributed by atoms with Gasteiger partial charge in [-0.1, -0.05) is 29.0 Å². The topological polar surface area (TPSA) is 37.8 Å². The van der Waals surface area contributed by atoms with Gasteiger partial charge in [0.2, 0.25) is 0 Å². The predicted molar refractivity (Wildman–Crippen MR) is 78.8 cm³/mol. The van der Waals surface area contributed by atoms with E-state index in [1.165, 1.54) is 0 Å². The van der Waals surface area contributed by atoms with Gasteiger partial charge in [0.05, 0.1) is 32.5 Å². The lowest BCUT2D eigenvalue weighted by atomic mass is 10.3. The van der Waals surface area contributed by atoms with Crippen molar-refractivity contribution in [3.8, 4) is 0 Å². The fraction of sp³-hybridized carbons (Fsp3) is 0.167. The molecule has 3 nitrogen and oxygen atoms in total. The molecular weight excluding hydrogens is 286 g/mol. The van der Waals surface area contributed by atoms with E-state index >= 15 is 0 Å². The van der Waals surface area contributed by atoms with Crippen LogP contribution < -0.4 is 5.32 Å². The minimum absolute atomic E-state index is 0.696. The van der Waals surface area contributed by atoms with Crippen LogP contribution in [0.5, 0.6) is 0 Å². The standard InChI is InChI=1S/C12H10ClN3S2/c1-7-15-8(6-17-7)5-14-12-16-10-4-2-3-9(13)11(10)18-12/h2-4,6H,5H2,1H3,(H,14,16). The molecule has 18 heavy (non-hydrogen) atoms. The van der Waals surface area contributed by atoms with Gasteiger partial charge in [0, 0.05) is 5.38 Å². The van der Waals surface area contributed by atoms with Crippen molar-refractivity contribution in [1.82, 2.24) is 9.97 Å². The lowest BCUT2D eigenvalue weighted by Crippen LogP contribution is -1.98. The number of nitrogens with one attached hydrogen (secondary N) is 1. The maximum atomic E-state index is 6.12. The molecule has 1 aromatic carbocycles. The number of rotatable bonds is 3. The average molecular weight is 296 g/mol. The quantitative estimate of drug-likeness (QED) is 0.781. The summed E-state index contributed by atoms with van der Waals surface area (Å²) < 4.78 is 1.02. The molecule has 0 aliphatic carbocycles. The Kier molecular flexibility index (Phi) is 3.20. The largest absolute Gasteiger partial charge is 0.356 e. The molecule has 1 N–H and O–H groups in total. The maximum absolute atomic E-state index is 6.12. The van der Waals surface area contributed by atoms with E-state index < -0.39 is 0 Å². The van der Waals surface area contributed by atoms with E-state index in [0.29, 0.717) is 6.54 Å². The third-order valence-electron chi connectivity index (χ3n) is 2.45. The van der Waals surface area contributed by atoms with Crippen LogP contribution in [0.15, 0.2) is 23.6 Å². The molecule has 0 amide bonds. The number of nitrogens with zero attached hydrogens (tertiary/aromatic N) is 2. The van der Waals surface area contributed by atoms with Crippen LogP contribution in [-0.2, 0) is 6.54 Å². The van der Waals surface area contributed by atoms with Crippen LogP contribution in [0.3, 0.4) is 0 Å². The molecule has 2 heterocycles. The van der Waals surface area contributed by atoms with Gasteiger partial charge >= 0.3 is 0 Å². The van der Waals surface area contributed by atoms with Gasteiger partial charge in [0.15, 0.2) is 5.13 Å². The second kappa shape index (κ2) is 4.84. The number of hydrogen-bond acceptors (Lipinski definition) is 5. The van der Waals surface area contributed by atoms with E-state index in [1.807, 2.05) is 25.1 Å². The zero-order valence-corrected chi connectivity index (χ0v) is 12.0. The molecule has 0 aliphatic rings. The molecule has 0 atom stereocenters. The van der Waals surface area contributed by atoms with Gasteiger partial charge in [0.25, 0.3) is 0 Å². The summed E-state index contributed by atoms with van der Waals surface area (Å²) in [5, 5.41) is 8.06. The van der Waals surface area contributed by atoms with Gasteiger partial charge in [-0.3, -0.25) is 0 Å². The van der Waals surface area contributed by atoms with E-state index in [0.717, 1.165) is 31.1 Å². The highest BCUT2D eigenvalue weighted by Gasteiger charge is 2.06. The summed E-state index contributed by atoms with van der Waals surface area (Å²) >= 11 is 9.35. The smallest absolute Gasteiger partial charge is 0.184 e. The number of fused-ring (bicyclic) bond motifs is 1. The third-order valence-corrected chi connectivity index (χ3v) is 4.77. The van der Waals surface area contributed by atoms with Gasteiger partial charge in [0.1, 0.15) is 0 Å². The molecule has 0 spiro atoms. The average Bonchev–Trinajstić information content (AvgIpc) is 2.93. The molecule has 0 bridgehead atoms. The maximum Gasteiger partial charge on any atom is 0.184 e.